The molecule has 1 atom stereocenters. The molecule has 5 heteroatoms. The van der Waals surface area contributed by atoms with Crippen molar-refractivity contribution in [2.45, 2.75) is 26.5 Å². The minimum atomic E-state index is -0.843. The van der Waals surface area contributed by atoms with Gasteiger partial charge in [0.2, 0.25) is 0 Å². The summed E-state index contributed by atoms with van der Waals surface area (Å²) >= 11 is 6.04. The molecule has 4 nitrogen and oxygen atoms in total. The number of pyridine rings is 1. The maximum Gasteiger partial charge on any atom is 0.139 e. The van der Waals surface area contributed by atoms with E-state index >= 15 is 0 Å². The fraction of sp³-hybridized carbons (Fsp3) is 0.333. The molecule has 90 valence electrons. The van der Waals surface area contributed by atoms with Crippen LogP contribution in [0, 0.1) is 6.92 Å². The van der Waals surface area contributed by atoms with Crippen molar-refractivity contribution in [1.82, 2.24) is 14.8 Å². The van der Waals surface area contributed by atoms with Crippen LogP contribution in [0.2, 0.25) is 5.02 Å². The van der Waals surface area contributed by atoms with E-state index in [1.165, 1.54) is 0 Å². The van der Waals surface area contributed by atoms with Crippen LogP contribution in [0.1, 0.15) is 30.1 Å². The zero-order valence-corrected chi connectivity index (χ0v) is 10.5. The smallest absolute Gasteiger partial charge is 0.139 e. The number of aliphatic hydroxyl groups is 1. The molecule has 0 aliphatic carbocycles. The number of hydrogen-bond acceptors (Lipinski definition) is 3. The maximum atomic E-state index is 10.3. The Labute approximate surface area is 105 Å². The van der Waals surface area contributed by atoms with Gasteiger partial charge in [-0.2, -0.15) is 5.10 Å². The van der Waals surface area contributed by atoms with Crippen LogP contribution in [0.3, 0.4) is 0 Å². The minimum Gasteiger partial charge on any atom is -0.380 e. The number of nitrogens with zero attached hydrogens (tertiary/aromatic N) is 3. The molecule has 0 fully saturated rings. The Morgan fingerprint density at radius 2 is 2.24 bits per heavy atom. The van der Waals surface area contributed by atoms with E-state index in [9.17, 15) is 5.11 Å². The molecule has 2 aromatic rings. The fourth-order valence-electron chi connectivity index (χ4n) is 1.75. The van der Waals surface area contributed by atoms with Crippen LogP contribution in [-0.2, 0) is 6.54 Å². The molecule has 0 bridgehead atoms. The van der Waals surface area contributed by atoms with E-state index in [0.29, 0.717) is 23.0 Å². The third-order valence-electron chi connectivity index (χ3n) is 2.58. The highest BCUT2D eigenvalue weighted by Crippen LogP contribution is 2.27. The number of aliphatic hydroxyl groups excluding tert-OH is 1. The molecule has 0 saturated heterocycles. The highest BCUT2D eigenvalue weighted by Gasteiger charge is 2.20. The summed E-state index contributed by atoms with van der Waals surface area (Å²) in [7, 11) is 0. The van der Waals surface area contributed by atoms with Crippen molar-refractivity contribution in [3.63, 3.8) is 0 Å². The minimum absolute atomic E-state index is 0.461. The monoisotopic (exact) mass is 251 g/mol. The van der Waals surface area contributed by atoms with Gasteiger partial charge >= 0.3 is 0 Å². The Balaban J connectivity index is 2.43. The molecule has 0 aromatic carbocycles. The second kappa shape index (κ2) is 4.85. The van der Waals surface area contributed by atoms with E-state index in [4.69, 9.17) is 11.6 Å². The van der Waals surface area contributed by atoms with Crippen molar-refractivity contribution in [1.29, 1.82) is 0 Å². The van der Waals surface area contributed by atoms with Crippen LogP contribution >= 0.6 is 11.6 Å². The quantitative estimate of drug-likeness (QED) is 0.911. The van der Waals surface area contributed by atoms with Crippen molar-refractivity contribution < 1.29 is 5.11 Å². The van der Waals surface area contributed by atoms with Crippen LogP contribution in [0.4, 0.5) is 0 Å². The van der Waals surface area contributed by atoms with Gasteiger partial charge in [-0.15, -0.1) is 0 Å². The van der Waals surface area contributed by atoms with Crippen LogP contribution in [0.25, 0.3) is 0 Å². The Morgan fingerprint density at radius 3 is 2.88 bits per heavy atom. The van der Waals surface area contributed by atoms with Crippen molar-refractivity contribution in [3.05, 3.63) is 46.5 Å². The van der Waals surface area contributed by atoms with Crippen molar-refractivity contribution in [2.24, 2.45) is 0 Å². The average molecular weight is 252 g/mol. The van der Waals surface area contributed by atoms with Crippen molar-refractivity contribution in [3.8, 4) is 0 Å². The Morgan fingerprint density at radius 1 is 1.47 bits per heavy atom. The largest absolute Gasteiger partial charge is 0.380 e. The van der Waals surface area contributed by atoms with Gasteiger partial charge in [-0.05, 0) is 26.0 Å². The summed E-state index contributed by atoms with van der Waals surface area (Å²) in [6.07, 6.45) is 0.698. The number of aromatic nitrogens is 3. The highest BCUT2D eigenvalue weighted by molar-refractivity contribution is 6.31. The number of hydrogen-bond donors (Lipinski definition) is 1. The van der Waals surface area contributed by atoms with E-state index < -0.39 is 6.10 Å². The normalized spacial score (nSPS) is 12.7. The molecule has 17 heavy (non-hydrogen) atoms. The molecule has 0 radical (unpaired) electrons. The summed E-state index contributed by atoms with van der Waals surface area (Å²) in [6, 6.07) is 5.53. The summed E-state index contributed by atoms with van der Waals surface area (Å²) in [5, 5.41) is 14.9. The molecule has 0 amide bonds. The van der Waals surface area contributed by atoms with E-state index in [2.05, 4.69) is 10.1 Å². The van der Waals surface area contributed by atoms with Gasteiger partial charge < -0.3 is 5.11 Å². The van der Waals surface area contributed by atoms with Gasteiger partial charge in [0.25, 0.3) is 0 Å². The van der Waals surface area contributed by atoms with Gasteiger partial charge in [0.1, 0.15) is 6.10 Å². The summed E-state index contributed by atoms with van der Waals surface area (Å²) in [6.45, 7) is 4.49. The second-order valence-electron chi connectivity index (χ2n) is 3.80. The number of halogens is 1. The number of rotatable bonds is 3. The van der Waals surface area contributed by atoms with E-state index in [-0.39, 0.29) is 0 Å². The molecule has 0 aliphatic heterocycles. The summed E-state index contributed by atoms with van der Waals surface area (Å²) in [4.78, 5) is 4.30. The average Bonchev–Trinajstić information content (AvgIpc) is 2.69. The van der Waals surface area contributed by atoms with Gasteiger partial charge in [-0.3, -0.25) is 9.67 Å². The Hall–Kier alpha value is -1.39. The lowest BCUT2D eigenvalue weighted by Gasteiger charge is -2.13. The third kappa shape index (κ3) is 2.33. The first kappa shape index (κ1) is 12.1. The molecule has 0 aliphatic rings. The van der Waals surface area contributed by atoms with Crippen molar-refractivity contribution >= 4 is 11.6 Å². The number of aryl methyl sites for hydroxylation is 2. The molecule has 1 N–H and O–H groups in total. The van der Waals surface area contributed by atoms with Crippen LogP contribution in [0.5, 0.6) is 0 Å². The molecule has 0 spiro atoms. The van der Waals surface area contributed by atoms with Crippen LogP contribution in [-0.4, -0.2) is 19.9 Å². The molecule has 2 rings (SSSR count). The summed E-state index contributed by atoms with van der Waals surface area (Å²) < 4.78 is 1.68. The Bertz CT molecular complexity index is 524. The topological polar surface area (TPSA) is 50.9 Å². The summed E-state index contributed by atoms with van der Waals surface area (Å²) in [5.41, 5.74) is 2.04. The SMILES string of the molecule is CCn1ncc(Cl)c1C(O)c1cccc(C)n1. The first-order chi connectivity index (χ1) is 8.13. The van der Waals surface area contributed by atoms with Gasteiger partial charge in [0, 0.05) is 12.2 Å². The molecule has 0 saturated carbocycles. The predicted octanol–water partition coefficient (Wildman–Crippen LogP) is 2.34. The molecule has 2 heterocycles. The van der Waals surface area contributed by atoms with E-state index in [0.717, 1.165) is 5.69 Å². The van der Waals surface area contributed by atoms with Crippen molar-refractivity contribution in [2.75, 3.05) is 0 Å². The third-order valence-corrected chi connectivity index (χ3v) is 2.87. The lowest BCUT2D eigenvalue weighted by Crippen LogP contribution is -2.11. The van der Waals surface area contributed by atoms with E-state index in [1.807, 2.05) is 26.0 Å². The van der Waals surface area contributed by atoms with Gasteiger partial charge in [0.15, 0.2) is 0 Å². The zero-order valence-electron chi connectivity index (χ0n) is 9.76. The van der Waals surface area contributed by atoms with Crippen LogP contribution in [0.15, 0.2) is 24.4 Å². The molecular weight excluding hydrogens is 238 g/mol. The second-order valence-corrected chi connectivity index (χ2v) is 4.21. The lowest BCUT2D eigenvalue weighted by molar-refractivity contribution is 0.203. The van der Waals surface area contributed by atoms with Gasteiger partial charge in [-0.25, -0.2) is 0 Å². The first-order valence-electron chi connectivity index (χ1n) is 5.46. The van der Waals surface area contributed by atoms with E-state index in [1.54, 1.807) is 16.9 Å². The highest BCUT2D eigenvalue weighted by atomic mass is 35.5. The molecular formula is C12H14ClN3O. The summed E-state index contributed by atoms with van der Waals surface area (Å²) in [5.74, 6) is 0. The van der Waals surface area contributed by atoms with Gasteiger partial charge in [-0.1, -0.05) is 17.7 Å². The van der Waals surface area contributed by atoms with Gasteiger partial charge in [0.05, 0.1) is 22.6 Å². The first-order valence-corrected chi connectivity index (χ1v) is 5.84. The van der Waals surface area contributed by atoms with Crippen LogP contribution < -0.4 is 0 Å². The Kier molecular flexibility index (Phi) is 3.45. The molecule has 1 unspecified atom stereocenters. The standard InChI is InChI=1S/C12H14ClN3O/c1-3-16-11(9(13)7-14-16)12(17)10-6-4-5-8(2)15-10/h4-7,12,17H,3H2,1-2H3. The fourth-order valence-corrected chi connectivity index (χ4v) is 2.00. The molecule has 2 aromatic heterocycles. The predicted molar refractivity (Wildman–Crippen MR) is 65.9 cm³/mol. The lowest BCUT2D eigenvalue weighted by atomic mass is 10.1. The zero-order chi connectivity index (χ0) is 12.4. The maximum absolute atomic E-state index is 10.3.